The first-order valence-electron chi connectivity index (χ1n) is 4.75. The first-order valence-corrected chi connectivity index (χ1v) is 5.63. The Kier molecular flexibility index (Phi) is 3.25. The largest absolute Gasteiger partial charge is 0.466 e. The molecule has 0 aliphatic heterocycles. The Morgan fingerprint density at radius 2 is 2.50 bits per heavy atom. The van der Waals surface area contributed by atoms with E-state index in [0.29, 0.717) is 18.0 Å². The second-order valence-electron chi connectivity index (χ2n) is 2.98. The van der Waals surface area contributed by atoms with Crippen LogP contribution in [0.1, 0.15) is 12.6 Å². The second kappa shape index (κ2) is 4.84. The number of H-pyrrole nitrogens is 1. The lowest BCUT2D eigenvalue weighted by atomic mass is 10.3. The molecule has 0 unspecified atom stereocenters. The summed E-state index contributed by atoms with van der Waals surface area (Å²) < 4.78 is 4.84. The fraction of sp³-hybridized carbons (Fsp3) is 0.333. The normalized spacial score (nSPS) is 10.3. The van der Waals surface area contributed by atoms with Crippen molar-refractivity contribution in [3.8, 4) is 10.7 Å². The van der Waals surface area contributed by atoms with Crippen molar-refractivity contribution in [2.45, 2.75) is 13.3 Å². The summed E-state index contributed by atoms with van der Waals surface area (Å²) in [5, 5.41) is 12.7. The maximum absolute atomic E-state index is 11.2. The van der Waals surface area contributed by atoms with Gasteiger partial charge in [0.1, 0.15) is 10.7 Å². The van der Waals surface area contributed by atoms with E-state index in [1.165, 1.54) is 11.3 Å². The maximum Gasteiger partial charge on any atom is 0.311 e. The van der Waals surface area contributed by atoms with Gasteiger partial charge < -0.3 is 4.74 Å². The third kappa shape index (κ3) is 2.43. The lowest BCUT2D eigenvalue weighted by molar-refractivity contribution is -0.142. The molecule has 2 aromatic rings. The summed E-state index contributed by atoms with van der Waals surface area (Å²) in [4.78, 5) is 15.5. The monoisotopic (exact) mass is 238 g/mol. The van der Waals surface area contributed by atoms with Crippen LogP contribution in [0.2, 0.25) is 0 Å². The smallest absolute Gasteiger partial charge is 0.311 e. The molecule has 0 spiro atoms. The van der Waals surface area contributed by atoms with Gasteiger partial charge in [-0.25, -0.2) is 4.98 Å². The number of aromatic nitrogens is 4. The fourth-order valence-electron chi connectivity index (χ4n) is 1.17. The Morgan fingerprint density at radius 3 is 3.19 bits per heavy atom. The van der Waals surface area contributed by atoms with Crippen LogP contribution in [-0.2, 0) is 16.0 Å². The van der Waals surface area contributed by atoms with Gasteiger partial charge in [-0.2, -0.15) is 15.4 Å². The minimum absolute atomic E-state index is 0.197. The summed E-state index contributed by atoms with van der Waals surface area (Å²) in [6.07, 6.45) is 1.79. The van der Waals surface area contributed by atoms with Gasteiger partial charge in [-0.15, -0.1) is 11.3 Å². The van der Waals surface area contributed by atoms with Crippen molar-refractivity contribution in [1.29, 1.82) is 0 Å². The first kappa shape index (κ1) is 10.7. The molecule has 0 amide bonds. The van der Waals surface area contributed by atoms with E-state index in [4.69, 9.17) is 4.74 Å². The van der Waals surface area contributed by atoms with E-state index < -0.39 is 0 Å². The number of hydrogen-bond acceptors (Lipinski definition) is 6. The highest BCUT2D eigenvalue weighted by molar-refractivity contribution is 7.13. The van der Waals surface area contributed by atoms with Gasteiger partial charge in [0, 0.05) is 5.38 Å². The van der Waals surface area contributed by atoms with Crippen molar-refractivity contribution in [2.75, 3.05) is 6.61 Å². The SMILES string of the molecule is CCOC(=O)Cc1csc(-c2cn[nH]n2)n1. The Labute approximate surface area is 95.7 Å². The number of rotatable bonds is 4. The van der Waals surface area contributed by atoms with E-state index in [1.54, 1.807) is 13.1 Å². The van der Waals surface area contributed by atoms with Crippen LogP contribution >= 0.6 is 11.3 Å². The molecule has 0 atom stereocenters. The van der Waals surface area contributed by atoms with Gasteiger partial charge in [0.05, 0.1) is 24.9 Å². The van der Waals surface area contributed by atoms with Crippen LogP contribution in [0, 0.1) is 0 Å². The van der Waals surface area contributed by atoms with E-state index in [1.807, 2.05) is 5.38 Å². The Balaban J connectivity index is 2.06. The molecule has 0 bridgehead atoms. The zero-order valence-electron chi connectivity index (χ0n) is 8.64. The van der Waals surface area contributed by atoms with Gasteiger partial charge in [0.2, 0.25) is 0 Å². The number of nitrogens with one attached hydrogen (secondary N) is 1. The van der Waals surface area contributed by atoms with Gasteiger partial charge in [-0.3, -0.25) is 4.79 Å². The average molecular weight is 238 g/mol. The molecule has 84 valence electrons. The number of esters is 1. The minimum atomic E-state index is -0.264. The quantitative estimate of drug-likeness (QED) is 0.805. The number of hydrogen-bond donors (Lipinski definition) is 1. The highest BCUT2D eigenvalue weighted by atomic mass is 32.1. The van der Waals surface area contributed by atoms with Crippen LogP contribution in [0.25, 0.3) is 10.7 Å². The second-order valence-corrected chi connectivity index (χ2v) is 3.84. The molecule has 6 nitrogen and oxygen atoms in total. The van der Waals surface area contributed by atoms with Gasteiger partial charge in [-0.05, 0) is 6.92 Å². The molecule has 0 radical (unpaired) electrons. The topological polar surface area (TPSA) is 80.8 Å². The van der Waals surface area contributed by atoms with E-state index >= 15 is 0 Å². The zero-order chi connectivity index (χ0) is 11.4. The molecular weight excluding hydrogens is 228 g/mol. The highest BCUT2D eigenvalue weighted by Gasteiger charge is 2.10. The molecule has 0 fully saturated rings. The molecule has 2 rings (SSSR count). The van der Waals surface area contributed by atoms with E-state index in [2.05, 4.69) is 20.4 Å². The third-order valence-electron chi connectivity index (χ3n) is 1.82. The van der Waals surface area contributed by atoms with E-state index in [-0.39, 0.29) is 12.4 Å². The van der Waals surface area contributed by atoms with Gasteiger partial charge in [0.25, 0.3) is 0 Å². The van der Waals surface area contributed by atoms with Gasteiger partial charge >= 0.3 is 5.97 Å². The molecule has 0 aliphatic carbocycles. The molecule has 2 heterocycles. The van der Waals surface area contributed by atoms with Gasteiger partial charge in [0.15, 0.2) is 0 Å². The van der Waals surface area contributed by atoms with Crippen molar-refractivity contribution < 1.29 is 9.53 Å². The fourth-order valence-corrected chi connectivity index (χ4v) is 1.94. The molecule has 0 aliphatic rings. The number of thiazole rings is 1. The molecule has 16 heavy (non-hydrogen) atoms. The van der Waals surface area contributed by atoms with Crippen molar-refractivity contribution in [1.82, 2.24) is 20.4 Å². The molecule has 0 saturated heterocycles. The number of ether oxygens (including phenoxy) is 1. The molecule has 0 aromatic carbocycles. The average Bonchev–Trinajstić information content (AvgIpc) is 2.86. The Morgan fingerprint density at radius 1 is 1.62 bits per heavy atom. The molecule has 2 aromatic heterocycles. The standard InChI is InChI=1S/C9H10N4O2S/c1-2-15-8(14)3-6-5-16-9(11-6)7-4-10-13-12-7/h4-5H,2-3H2,1H3,(H,10,12,13). The number of carbonyl (C=O) groups is 1. The first-order chi connectivity index (χ1) is 7.79. The third-order valence-corrected chi connectivity index (χ3v) is 2.73. The van der Waals surface area contributed by atoms with Crippen LogP contribution in [0.3, 0.4) is 0 Å². The molecule has 0 saturated carbocycles. The van der Waals surface area contributed by atoms with Crippen molar-refractivity contribution >= 4 is 17.3 Å². The van der Waals surface area contributed by atoms with Crippen LogP contribution in [0.5, 0.6) is 0 Å². The maximum atomic E-state index is 11.2. The van der Waals surface area contributed by atoms with E-state index in [0.717, 1.165) is 5.01 Å². The number of aromatic amines is 1. The summed E-state index contributed by atoms with van der Waals surface area (Å²) in [7, 11) is 0. The van der Waals surface area contributed by atoms with E-state index in [9.17, 15) is 4.79 Å². The summed E-state index contributed by atoms with van der Waals surface area (Å²) in [5.41, 5.74) is 1.38. The molecule has 7 heteroatoms. The lowest BCUT2D eigenvalue weighted by Crippen LogP contribution is -2.07. The van der Waals surface area contributed by atoms with Crippen LogP contribution in [0.4, 0.5) is 0 Å². The predicted octanol–water partition coefficient (Wildman–Crippen LogP) is 1.03. The number of carbonyl (C=O) groups excluding carboxylic acids is 1. The van der Waals surface area contributed by atoms with Gasteiger partial charge in [-0.1, -0.05) is 0 Å². The van der Waals surface area contributed by atoms with Crippen LogP contribution in [-0.4, -0.2) is 33.0 Å². The minimum Gasteiger partial charge on any atom is -0.466 e. The lowest BCUT2D eigenvalue weighted by Gasteiger charge is -1.97. The summed E-state index contributed by atoms with van der Waals surface area (Å²) in [6.45, 7) is 2.17. The predicted molar refractivity (Wildman–Crippen MR) is 57.8 cm³/mol. The summed E-state index contributed by atoms with van der Waals surface area (Å²) >= 11 is 1.43. The molecule has 1 N–H and O–H groups in total. The van der Waals surface area contributed by atoms with Crippen LogP contribution < -0.4 is 0 Å². The summed E-state index contributed by atoms with van der Waals surface area (Å²) in [6, 6.07) is 0. The summed E-state index contributed by atoms with van der Waals surface area (Å²) in [5.74, 6) is -0.264. The zero-order valence-corrected chi connectivity index (χ0v) is 9.45. The van der Waals surface area contributed by atoms with Crippen LogP contribution in [0.15, 0.2) is 11.6 Å². The van der Waals surface area contributed by atoms with Crippen molar-refractivity contribution in [3.05, 3.63) is 17.3 Å². The Bertz CT molecular complexity index is 466. The van der Waals surface area contributed by atoms with Crippen molar-refractivity contribution in [2.24, 2.45) is 0 Å². The Hall–Kier alpha value is -1.76. The highest BCUT2D eigenvalue weighted by Crippen LogP contribution is 2.20. The molecular formula is C9H10N4O2S. The number of nitrogens with zero attached hydrogens (tertiary/aromatic N) is 3. The van der Waals surface area contributed by atoms with Crippen molar-refractivity contribution in [3.63, 3.8) is 0 Å².